The summed E-state index contributed by atoms with van der Waals surface area (Å²) in [7, 11) is 0. The second-order valence-corrected chi connectivity index (χ2v) is 5.86. The van der Waals surface area contributed by atoms with Crippen LogP contribution in [0.3, 0.4) is 0 Å². The lowest BCUT2D eigenvalue weighted by molar-refractivity contribution is -0.123. The van der Waals surface area contributed by atoms with E-state index in [0.717, 1.165) is 38.9 Å². The molecule has 1 aliphatic heterocycles. The number of fused-ring (bicyclic) bond motifs is 1. The number of para-hydroxylation sites is 1. The van der Waals surface area contributed by atoms with Crippen LogP contribution in [0, 0.1) is 0 Å². The van der Waals surface area contributed by atoms with E-state index in [4.69, 9.17) is 9.90 Å². The van der Waals surface area contributed by atoms with Crippen LogP contribution in [0.25, 0.3) is 10.9 Å². The van der Waals surface area contributed by atoms with E-state index in [2.05, 4.69) is 51.7 Å². The molecule has 0 spiro atoms. The molecule has 3 N–H and O–H groups in total. The van der Waals surface area contributed by atoms with Crippen LogP contribution in [0.5, 0.6) is 0 Å². The van der Waals surface area contributed by atoms with Crippen molar-refractivity contribution in [1.82, 2.24) is 15.2 Å². The van der Waals surface area contributed by atoms with Crippen molar-refractivity contribution in [3.8, 4) is 0 Å². The van der Waals surface area contributed by atoms with Crippen molar-refractivity contribution in [1.29, 1.82) is 0 Å². The molecule has 1 amide bonds. The van der Waals surface area contributed by atoms with Gasteiger partial charge in [0.2, 0.25) is 5.91 Å². The number of hydrogen-bond donors (Lipinski definition) is 3. The van der Waals surface area contributed by atoms with Crippen LogP contribution in [-0.2, 0) is 16.1 Å². The first-order valence-electron chi connectivity index (χ1n) is 8.36. The highest BCUT2D eigenvalue weighted by molar-refractivity contribution is 5.79. The highest BCUT2D eigenvalue weighted by atomic mass is 16.3. The van der Waals surface area contributed by atoms with E-state index in [9.17, 15) is 4.79 Å². The SMILES string of the molecule is O=C1CCC(NCCCn2ccc3ccccc32)CCN1.O=CO. The van der Waals surface area contributed by atoms with Crippen LogP contribution < -0.4 is 10.6 Å². The van der Waals surface area contributed by atoms with Crippen LogP contribution >= 0.6 is 0 Å². The Kier molecular flexibility index (Phi) is 7.29. The minimum absolute atomic E-state index is 0.193. The van der Waals surface area contributed by atoms with Gasteiger partial charge < -0.3 is 20.3 Å². The maximum atomic E-state index is 11.3. The lowest BCUT2D eigenvalue weighted by atomic mass is 10.1. The van der Waals surface area contributed by atoms with Gasteiger partial charge in [-0.25, -0.2) is 0 Å². The molecule has 0 bridgehead atoms. The number of carbonyl (C=O) groups excluding carboxylic acids is 1. The highest BCUT2D eigenvalue weighted by Crippen LogP contribution is 2.15. The maximum absolute atomic E-state index is 11.3. The van der Waals surface area contributed by atoms with Gasteiger partial charge in [-0.15, -0.1) is 0 Å². The smallest absolute Gasteiger partial charge is 0.290 e. The average molecular weight is 331 g/mol. The first-order valence-corrected chi connectivity index (χ1v) is 8.36. The standard InChI is InChI=1S/C17H23N3O.CH2O2/c21-17-7-6-15(8-11-19-17)18-10-3-12-20-13-9-14-4-1-2-5-16(14)20;2-1-3/h1-2,4-5,9,13,15,18H,3,6-8,10-12H2,(H,19,21);1H,(H,2,3). The third kappa shape index (κ3) is 5.38. The Labute approximate surface area is 141 Å². The molecule has 1 unspecified atom stereocenters. The van der Waals surface area contributed by atoms with E-state index in [0.29, 0.717) is 12.5 Å². The van der Waals surface area contributed by atoms with Gasteiger partial charge in [-0.1, -0.05) is 18.2 Å². The summed E-state index contributed by atoms with van der Waals surface area (Å²) in [5.41, 5.74) is 1.31. The molecule has 2 heterocycles. The summed E-state index contributed by atoms with van der Waals surface area (Å²) in [6.45, 7) is 2.59. The first-order chi connectivity index (χ1) is 11.7. The number of aryl methyl sites for hydroxylation is 1. The Morgan fingerprint density at radius 1 is 1.29 bits per heavy atom. The molecule has 24 heavy (non-hydrogen) atoms. The van der Waals surface area contributed by atoms with Crippen LogP contribution in [-0.4, -0.2) is 41.2 Å². The number of aromatic nitrogens is 1. The van der Waals surface area contributed by atoms with Gasteiger partial charge in [0.25, 0.3) is 6.47 Å². The van der Waals surface area contributed by atoms with Crippen LogP contribution in [0.2, 0.25) is 0 Å². The second-order valence-electron chi connectivity index (χ2n) is 5.86. The fourth-order valence-electron chi connectivity index (χ4n) is 3.02. The van der Waals surface area contributed by atoms with Crippen LogP contribution in [0.1, 0.15) is 25.7 Å². The Morgan fingerprint density at radius 3 is 2.92 bits per heavy atom. The number of benzene rings is 1. The van der Waals surface area contributed by atoms with Crippen molar-refractivity contribution in [2.24, 2.45) is 0 Å². The molecule has 1 atom stereocenters. The zero-order chi connectivity index (χ0) is 17.2. The van der Waals surface area contributed by atoms with E-state index < -0.39 is 0 Å². The number of nitrogens with zero attached hydrogens (tertiary/aromatic N) is 1. The monoisotopic (exact) mass is 331 g/mol. The molecule has 1 aliphatic rings. The molecule has 6 heteroatoms. The normalized spacial score (nSPS) is 17.5. The number of hydrogen-bond acceptors (Lipinski definition) is 3. The minimum atomic E-state index is -0.250. The Hall–Kier alpha value is -2.34. The number of carbonyl (C=O) groups is 2. The molecule has 1 fully saturated rings. The Morgan fingerprint density at radius 2 is 2.08 bits per heavy atom. The van der Waals surface area contributed by atoms with Crippen molar-refractivity contribution in [2.75, 3.05) is 13.1 Å². The Bertz CT molecular complexity index is 654. The lowest BCUT2D eigenvalue weighted by Crippen LogP contribution is -2.31. The van der Waals surface area contributed by atoms with Gasteiger partial charge in [-0.3, -0.25) is 9.59 Å². The Balaban J connectivity index is 0.000000647. The fraction of sp³-hybridized carbons (Fsp3) is 0.444. The molecule has 0 radical (unpaired) electrons. The van der Waals surface area contributed by atoms with Crippen molar-refractivity contribution < 1.29 is 14.7 Å². The minimum Gasteiger partial charge on any atom is -0.483 e. The van der Waals surface area contributed by atoms with Gasteiger partial charge in [-0.2, -0.15) is 0 Å². The van der Waals surface area contributed by atoms with Crippen LogP contribution in [0.15, 0.2) is 36.5 Å². The van der Waals surface area contributed by atoms with E-state index >= 15 is 0 Å². The molecule has 0 saturated carbocycles. The molecule has 2 aromatic rings. The maximum Gasteiger partial charge on any atom is 0.290 e. The van der Waals surface area contributed by atoms with Gasteiger partial charge in [0, 0.05) is 37.3 Å². The first kappa shape index (κ1) is 18.0. The van der Waals surface area contributed by atoms with Gasteiger partial charge >= 0.3 is 0 Å². The number of rotatable bonds is 5. The zero-order valence-corrected chi connectivity index (χ0v) is 13.8. The predicted molar refractivity (Wildman–Crippen MR) is 93.9 cm³/mol. The quantitative estimate of drug-likeness (QED) is 0.578. The van der Waals surface area contributed by atoms with Gasteiger partial charge in [-0.05, 0) is 43.3 Å². The number of amides is 1. The van der Waals surface area contributed by atoms with E-state index in [-0.39, 0.29) is 12.4 Å². The topological polar surface area (TPSA) is 83.4 Å². The molecule has 130 valence electrons. The molecular weight excluding hydrogens is 306 g/mol. The summed E-state index contributed by atoms with van der Waals surface area (Å²) in [5, 5.41) is 14.7. The van der Waals surface area contributed by atoms with Crippen molar-refractivity contribution >= 4 is 23.3 Å². The third-order valence-corrected chi connectivity index (χ3v) is 4.22. The summed E-state index contributed by atoms with van der Waals surface area (Å²) in [6, 6.07) is 11.1. The summed E-state index contributed by atoms with van der Waals surface area (Å²) >= 11 is 0. The number of carboxylic acid groups (broad SMARTS) is 1. The molecule has 1 aromatic heterocycles. The van der Waals surface area contributed by atoms with E-state index in [1.165, 1.54) is 10.9 Å². The van der Waals surface area contributed by atoms with Crippen molar-refractivity contribution in [2.45, 2.75) is 38.3 Å². The highest BCUT2D eigenvalue weighted by Gasteiger charge is 2.14. The zero-order valence-electron chi connectivity index (χ0n) is 13.8. The predicted octanol–water partition coefficient (Wildman–Crippen LogP) is 1.99. The molecule has 1 saturated heterocycles. The summed E-state index contributed by atoms with van der Waals surface area (Å²) in [6.07, 6.45) is 5.92. The van der Waals surface area contributed by atoms with Gasteiger partial charge in [0.05, 0.1) is 0 Å². The fourth-order valence-corrected chi connectivity index (χ4v) is 3.02. The molecule has 0 aliphatic carbocycles. The second kappa shape index (κ2) is 9.72. The van der Waals surface area contributed by atoms with E-state index in [1.54, 1.807) is 0 Å². The lowest BCUT2D eigenvalue weighted by Gasteiger charge is -2.15. The number of nitrogens with one attached hydrogen (secondary N) is 2. The molecular formula is C18H25N3O3. The van der Waals surface area contributed by atoms with Crippen molar-refractivity contribution in [3.63, 3.8) is 0 Å². The van der Waals surface area contributed by atoms with E-state index in [1.807, 2.05) is 0 Å². The summed E-state index contributed by atoms with van der Waals surface area (Å²) in [4.78, 5) is 19.7. The van der Waals surface area contributed by atoms with Gasteiger partial charge in [0.1, 0.15) is 0 Å². The third-order valence-electron chi connectivity index (χ3n) is 4.22. The largest absolute Gasteiger partial charge is 0.483 e. The summed E-state index contributed by atoms with van der Waals surface area (Å²) in [5.74, 6) is 0.193. The van der Waals surface area contributed by atoms with Gasteiger partial charge in [0.15, 0.2) is 0 Å². The molecule has 6 nitrogen and oxygen atoms in total. The molecule has 1 aromatic carbocycles. The van der Waals surface area contributed by atoms with Crippen LogP contribution in [0.4, 0.5) is 0 Å². The van der Waals surface area contributed by atoms with Crippen molar-refractivity contribution in [3.05, 3.63) is 36.5 Å². The average Bonchev–Trinajstić information content (AvgIpc) is 2.88. The summed E-state index contributed by atoms with van der Waals surface area (Å²) < 4.78 is 2.31. The molecule has 3 rings (SSSR count).